The SMILES string of the molecule is COC1=NN(C)[C]C1. The third-order valence-corrected chi connectivity index (χ3v) is 0.956. The molecular formula is C5H8N2O. The molecule has 0 atom stereocenters. The summed E-state index contributed by atoms with van der Waals surface area (Å²) in [6.07, 6.45) is 0.701. The molecule has 0 aromatic carbocycles. The van der Waals surface area contributed by atoms with E-state index in [1.165, 1.54) is 0 Å². The molecule has 3 heteroatoms. The lowest BCUT2D eigenvalue weighted by Crippen LogP contribution is -1.98. The summed E-state index contributed by atoms with van der Waals surface area (Å²) in [6, 6.07) is 0. The van der Waals surface area contributed by atoms with Crippen LogP contribution < -0.4 is 0 Å². The molecule has 0 bridgehead atoms. The molecular weight excluding hydrogens is 104 g/mol. The van der Waals surface area contributed by atoms with E-state index < -0.39 is 0 Å². The first-order chi connectivity index (χ1) is 3.83. The second kappa shape index (κ2) is 2.03. The zero-order valence-corrected chi connectivity index (χ0v) is 5.01. The second-order valence-electron chi connectivity index (χ2n) is 1.56. The number of hydrogen-bond donors (Lipinski definition) is 0. The molecule has 0 aromatic heterocycles. The Bertz CT molecular complexity index is 111. The second-order valence-corrected chi connectivity index (χ2v) is 1.56. The fourth-order valence-corrected chi connectivity index (χ4v) is 0.533. The minimum atomic E-state index is 0.701. The van der Waals surface area contributed by atoms with Gasteiger partial charge in [0.15, 0.2) is 0 Å². The molecule has 1 aliphatic heterocycles. The van der Waals surface area contributed by atoms with Crippen molar-refractivity contribution in [3.8, 4) is 0 Å². The van der Waals surface area contributed by atoms with E-state index in [9.17, 15) is 0 Å². The van der Waals surface area contributed by atoms with E-state index in [1.54, 1.807) is 12.1 Å². The Morgan fingerprint density at radius 1 is 1.88 bits per heavy atom. The molecule has 8 heavy (non-hydrogen) atoms. The van der Waals surface area contributed by atoms with Gasteiger partial charge in [0, 0.05) is 7.05 Å². The Balaban J connectivity index is 2.44. The van der Waals surface area contributed by atoms with Crippen LogP contribution in [0.5, 0.6) is 0 Å². The predicted octanol–water partition coefficient (Wildman–Crippen LogP) is 0.321. The number of hydrazone groups is 1. The third kappa shape index (κ3) is 0.911. The smallest absolute Gasteiger partial charge is 0.208 e. The lowest BCUT2D eigenvalue weighted by Gasteiger charge is -1.98. The van der Waals surface area contributed by atoms with Crippen LogP contribution in [0.15, 0.2) is 5.10 Å². The molecule has 1 aliphatic rings. The van der Waals surface area contributed by atoms with Crippen LogP contribution in [0.3, 0.4) is 0 Å². The number of rotatable bonds is 0. The van der Waals surface area contributed by atoms with Gasteiger partial charge in [-0.3, -0.25) is 5.01 Å². The lowest BCUT2D eigenvalue weighted by molar-refractivity contribution is 0.387. The van der Waals surface area contributed by atoms with E-state index in [2.05, 4.69) is 11.6 Å². The van der Waals surface area contributed by atoms with Crippen LogP contribution in [0.2, 0.25) is 0 Å². The topological polar surface area (TPSA) is 24.8 Å². The highest BCUT2D eigenvalue weighted by Gasteiger charge is 2.10. The number of methoxy groups -OCH3 is 1. The van der Waals surface area contributed by atoms with Crippen LogP contribution >= 0.6 is 0 Å². The summed E-state index contributed by atoms with van der Waals surface area (Å²) in [5.41, 5.74) is 0. The molecule has 0 amide bonds. The molecule has 44 valence electrons. The van der Waals surface area contributed by atoms with Crippen LogP contribution in [-0.2, 0) is 4.74 Å². The standard InChI is InChI=1S/C5H8N2O/c1-7-4-3-5(6-7)8-2/h3H2,1-2H3. The van der Waals surface area contributed by atoms with E-state index in [-0.39, 0.29) is 0 Å². The van der Waals surface area contributed by atoms with Crippen molar-refractivity contribution in [1.29, 1.82) is 0 Å². The zero-order valence-electron chi connectivity index (χ0n) is 5.01. The van der Waals surface area contributed by atoms with E-state index >= 15 is 0 Å². The van der Waals surface area contributed by atoms with Crippen molar-refractivity contribution in [2.45, 2.75) is 6.42 Å². The van der Waals surface area contributed by atoms with Crippen molar-refractivity contribution in [2.75, 3.05) is 14.2 Å². The van der Waals surface area contributed by atoms with Crippen molar-refractivity contribution in [1.82, 2.24) is 5.01 Å². The molecule has 0 aliphatic carbocycles. The molecule has 0 fully saturated rings. The Morgan fingerprint density at radius 3 is 2.88 bits per heavy atom. The van der Waals surface area contributed by atoms with Crippen molar-refractivity contribution >= 4 is 5.90 Å². The normalized spacial score (nSPS) is 18.8. The molecule has 2 radical (unpaired) electrons. The van der Waals surface area contributed by atoms with Gasteiger partial charge in [0.25, 0.3) is 0 Å². The first-order valence-corrected chi connectivity index (χ1v) is 2.41. The number of nitrogens with zero attached hydrogens (tertiary/aromatic N) is 2. The highest BCUT2D eigenvalue weighted by Crippen LogP contribution is 2.06. The molecule has 0 spiro atoms. The van der Waals surface area contributed by atoms with Crippen molar-refractivity contribution in [2.24, 2.45) is 5.10 Å². The van der Waals surface area contributed by atoms with Gasteiger partial charge in [-0.1, -0.05) is 0 Å². The first-order valence-electron chi connectivity index (χ1n) is 2.41. The van der Waals surface area contributed by atoms with Gasteiger partial charge in [-0.05, 0) is 0 Å². The minimum absolute atomic E-state index is 0.701. The van der Waals surface area contributed by atoms with Crippen LogP contribution in [-0.4, -0.2) is 25.1 Å². The van der Waals surface area contributed by atoms with Gasteiger partial charge in [-0.15, -0.1) is 5.10 Å². The molecule has 0 saturated carbocycles. The van der Waals surface area contributed by atoms with E-state index in [1.807, 2.05) is 7.05 Å². The van der Waals surface area contributed by atoms with Crippen LogP contribution in [0.25, 0.3) is 0 Å². The Hall–Kier alpha value is -0.730. The van der Waals surface area contributed by atoms with Gasteiger partial charge in [-0.2, -0.15) is 0 Å². The Morgan fingerprint density at radius 2 is 2.62 bits per heavy atom. The summed E-state index contributed by atoms with van der Waals surface area (Å²) < 4.78 is 4.83. The molecule has 0 N–H and O–H groups in total. The maximum absolute atomic E-state index is 4.83. The van der Waals surface area contributed by atoms with Crippen LogP contribution in [0.1, 0.15) is 6.42 Å². The largest absolute Gasteiger partial charge is 0.483 e. The Labute approximate surface area is 48.9 Å². The molecule has 1 rings (SSSR count). The van der Waals surface area contributed by atoms with Gasteiger partial charge in [0.1, 0.15) is 6.54 Å². The predicted molar refractivity (Wildman–Crippen MR) is 30.1 cm³/mol. The Kier molecular flexibility index (Phi) is 1.37. The lowest BCUT2D eigenvalue weighted by atomic mass is 10.4. The maximum atomic E-state index is 4.83. The van der Waals surface area contributed by atoms with E-state index in [0.717, 1.165) is 5.90 Å². The summed E-state index contributed by atoms with van der Waals surface area (Å²) in [7, 11) is 3.44. The van der Waals surface area contributed by atoms with Crippen molar-refractivity contribution in [3.05, 3.63) is 6.54 Å². The fourth-order valence-electron chi connectivity index (χ4n) is 0.533. The molecule has 0 saturated heterocycles. The van der Waals surface area contributed by atoms with E-state index in [0.29, 0.717) is 6.42 Å². The molecule has 3 nitrogen and oxygen atoms in total. The molecule has 0 unspecified atom stereocenters. The average Bonchev–Trinajstić information content (AvgIpc) is 2.14. The van der Waals surface area contributed by atoms with Crippen LogP contribution in [0.4, 0.5) is 0 Å². The minimum Gasteiger partial charge on any atom is -0.483 e. The quantitative estimate of drug-likeness (QED) is 0.451. The van der Waals surface area contributed by atoms with Crippen molar-refractivity contribution < 1.29 is 4.74 Å². The first kappa shape index (κ1) is 5.41. The third-order valence-electron chi connectivity index (χ3n) is 0.956. The highest BCUT2D eigenvalue weighted by molar-refractivity contribution is 5.78. The number of hydrogen-bond acceptors (Lipinski definition) is 3. The summed E-state index contributed by atoms with van der Waals surface area (Å²) in [6.45, 7) is 2.93. The van der Waals surface area contributed by atoms with Gasteiger partial charge < -0.3 is 4.74 Å². The van der Waals surface area contributed by atoms with Gasteiger partial charge in [-0.25, -0.2) is 0 Å². The maximum Gasteiger partial charge on any atom is 0.208 e. The summed E-state index contributed by atoms with van der Waals surface area (Å²) in [4.78, 5) is 0. The fraction of sp³-hybridized carbons (Fsp3) is 0.600. The van der Waals surface area contributed by atoms with Crippen LogP contribution in [0, 0.1) is 6.54 Å². The zero-order chi connectivity index (χ0) is 5.98. The van der Waals surface area contributed by atoms with Crippen molar-refractivity contribution in [3.63, 3.8) is 0 Å². The molecule has 1 heterocycles. The summed E-state index contributed by atoms with van der Waals surface area (Å²) in [5.74, 6) is 0.729. The summed E-state index contributed by atoms with van der Waals surface area (Å²) >= 11 is 0. The van der Waals surface area contributed by atoms with Gasteiger partial charge >= 0.3 is 0 Å². The highest BCUT2D eigenvalue weighted by atomic mass is 16.5. The average molecular weight is 112 g/mol. The van der Waals surface area contributed by atoms with E-state index in [4.69, 9.17) is 4.74 Å². The molecule has 0 aromatic rings. The summed E-state index contributed by atoms with van der Waals surface area (Å²) in [5, 5.41) is 5.55. The van der Waals surface area contributed by atoms with Gasteiger partial charge in [0.05, 0.1) is 13.5 Å². The monoisotopic (exact) mass is 112 g/mol. The number of ether oxygens (including phenoxy) is 1. The van der Waals surface area contributed by atoms with Gasteiger partial charge in [0.2, 0.25) is 5.90 Å².